The zero-order valence-corrected chi connectivity index (χ0v) is 16.4. The van der Waals surface area contributed by atoms with Crippen LogP contribution in [0.4, 0.5) is 4.39 Å². The average Bonchev–Trinajstić information content (AvgIpc) is 3.55. The number of fused-ring (bicyclic) bond motifs is 8. The van der Waals surface area contributed by atoms with E-state index >= 15 is 0 Å². The Hall–Kier alpha value is -4.25. The maximum absolute atomic E-state index is 14.8. The van der Waals surface area contributed by atoms with Gasteiger partial charge in [0.2, 0.25) is 0 Å². The van der Waals surface area contributed by atoms with E-state index in [1.807, 2.05) is 72.8 Å². The molecule has 0 unspecified atom stereocenters. The highest BCUT2D eigenvalue weighted by atomic mass is 19.1. The van der Waals surface area contributed by atoms with Gasteiger partial charge in [0.05, 0.1) is 22.8 Å². The maximum atomic E-state index is 14.8. The molecule has 6 rings (SSSR count). The van der Waals surface area contributed by atoms with E-state index in [9.17, 15) is 4.39 Å². The first-order valence-electron chi connectivity index (χ1n) is 10.0. The quantitative estimate of drug-likeness (QED) is 0.330. The molecule has 4 nitrogen and oxygen atoms in total. The van der Waals surface area contributed by atoms with Gasteiger partial charge in [-0.05, 0) is 72.8 Å². The predicted molar refractivity (Wildman–Crippen MR) is 124 cm³/mol. The van der Waals surface area contributed by atoms with E-state index in [2.05, 4.69) is 15.0 Å². The number of H-pyrrole nitrogens is 2. The van der Waals surface area contributed by atoms with Gasteiger partial charge in [0.25, 0.3) is 0 Å². The zero-order valence-electron chi connectivity index (χ0n) is 16.4. The predicted octanol–water partition coefficient (Wildman–Crippen LogP) is 6.46. The molecule has 5 heterocycles. The lowest BCUT2D eigenvalue weighted by molar-refractivity contribution is 0.631. The second kappa shape index (κ2) is 6.92. The van der Waals surface area contributed by atoms with Gasteiger partial charge in [-0.25, -0.2) is 14.4 Å². The second-order valence-electron chi connectivity index (χ2n) is 7.53. The van der Waals surface area contributed by atoms with Crippen LogP contribution in [0.3, 0.4) is 0 Å². The highest BCUT2D eigenvalue weighted by Gasteiger charge is 2.13. The molecule has 1 aromatic carbocycles. The normalized spacial score (nSPS) is 12.4. The number of hydrogen-bond donors (Lipinski definition) is 2. The van der Waals surface area contributed by atoms with E-state index in [4.69, 9.17) is 4.98 Å². The van der Waals surface area contributed by atoms with Gasteiger partial charge in [-0.1, -0.05) is 18.2 Å². The van der Waals surface area contributed by atoms with Crippen molar-refractivity contribution in [3.63, 3.8) is 0 Å². The van der Waals surface area contributed by atoms with Crippen molar-refractivity contribution in [2.45, 2.75) is 0 Å². The van der Waals surface area contributed by atoms with Crippen LogP contribution in [-0.4, -0.2) is 19.9 Å². The smallest absolute Gasteiger partial charge is 0.131 e. The summed E-state index contributed by atoms with van der Waals surface area (Å²) in [5.41, 5.74) is 8.08. The SMILES string of the molecule is Fc1ccccc1-c1c2nc(cc3ccc(cc4nc(cc5ccc1[nH]5)C=C4)[nH]3)C=C2. The summed E-state index contributed by atoms with van der Waals surface area (Å²) < 4.78 is 14.8. The van der Waals surface area contributed by atoms with Crippen LogP contribution in [0.25, 0.3) is 57.5 Å². The number of nitrogens with zero attached hydrogens (tertiary/aromatic N) is 2. The molecule has 0 fully saturated rings. The van der Waals surface area contributed by atoms with Crippen LogP contribution in [-0.2, 0) is 0 Å². The molecule has 0 atom stereocenters. The van der Waals surface area contributed by atoms with E-state index in [0.717, 1.165) is 44.7 Å². The van der Waals surface area contributed by atoms with E-state index in [0.29, 0.717) is 11.3 Å². The number of aromatic amines is 2. The first-order valence-corrected chi connectivity index (χ1v) is 10.0. The molecule has 0 saturated heterocycles. The van der Waals surface area contributed by atoms with Crippen molar-refractivity contribution in [3.05, 3.63) is 95.3 Å². The highest BCUT2D eigenvalue weighted by Crippen LogP contribution is 2.31. The Kier molecular flexibility index (Phi) is 3.93. The first-order chi connectivity index (χ1) is 15.2. The van der Waals surface area contributed by atoms with Crippen LogP contribution in [0, 0.1) is 5.82 Å². The Morgan fingerprint density at radius 2 is 1.23 bits per heavy atom. The molecule has 5 heteroatoms. The second-order valence-corrected chi connectivity index (χ2v) is 7.53. The van der Waals surface area contributed by atoms with Gasteiger partial charge in [0, 0.05) is 33.2 Å². The van der Waals surface area contributed by atoms with Gasteiger partial charge in [-0.3, -0.25) is 0 Å². The van der Waals surface area contributed by atoms with Gasteiger partial charge in [0.15, 0.2) is 0 Å². The van der Waals surface area contributed by atoms with Crippen LogP contribution >= 0.6 is 0 Å². The number of halogens is 1. The highest BCUT2D eigenvalue weighted by molar-refractivity contribution is 5.91. The van der Waals surface area contributed by atoms with E-state index in [1.165, 1.54) is 6.07 Å². The fourth-order valence-electron chi connectivity index (χ4n) is 3.96. The molecule has 0 spiro atoms. The fourth-order valence-corrected chi connectivity index (χ4v) is 3.96. The van der Waals surface area contributed by atoms with Gasteiger partial charge < -0.3 is 9.97 Å². The lowest BCUT2D eigenvalue weighted by Gasteiger charge is -2.05. The van der Waals surface area contributed by atoms with Crippen LogP contribution in [0.5, 0.6) is 0 Å². The molecule has 0 amide bonds. The van der Waals surface area contributed by atoms with Crippen LogP contribution in [0.15, 0.2) is 66.7 Å². The summed E-state index contributed by atoms with van der Waals surface area (Å²) in [7, 11) is 0. The number of hydrogen-bond acceptors (Lipinski definition) is 2. The van der Waals surface area contributed by atoms with Gasteiger partial charge >= 0.3 is 0 Å². The summed E-state index contributed by atoms with van der Waals surface area (Å²) >= 11 is 0. The Balaban J connectivity index is 1.74. The van der Waals surface area contributed by atoms with E-state index < -0.39 is 0 Å². The minimum absolute atomic E-state index is 0.285. The van der Waals surface area contributed by atoms with E-state index in [-0.39, 0.29) is 5.82 Å². The van der Waals surface area contributed by atoms with Crippen LogP contribution in [0.1, 0.15) is 22.8 Å². The summed E-state index contributed by atoms with van der Waals surface area (Å²) in [6.07, 6.45) is 7.84. The minimum atomic E-state index is -0.285. The largest absolute Gasteiger partial charge is 0.355 e. The molecule has 4 aromatic rings. The Morgan fingerprint density at radius 1 is 0.613 bits per heavy atom. The topological polar surface area (TPSA) is 57.4 Å². The Labute approximate surface area is 177 Å². The molecular weight excluding hydrogens is 387 g/mol. The molecule has 148 valence electrons. The van der Waals surface area contributed by atoms with Crippen molar-refractivity contribution in [1.82, 2.24) is 19.9 Å². The zero-order chi connectivity index (χ0) is 20.8. The van der Waals surface area contributed by atoms with Gasteiger partial charge in [-0.2, -0.15) is 0 Å². The number of aromatic nitrogens is 4. The molecule has 31 heavy (non-hydrogen) atoms. The van der Waals surface area contributed by atoms with E-state index in [1.54, 1.807) is 12.1 Å². The summed E-state index contributed by atoms with van der Waals surface area (Å²) in [5.74, 6) is -0.285. The van der Waals surface area contributed by atoms with Crippen molar-refractivity contribution in [1.29, 1.82) is 0 Å². The molecule has 3 aromatic heterocycles. The molecule has 0 saturated carbocycles. The van der Waals surface area contributed by atoms with Crippen LogP contribution < -0.4 is 0 Å². The number of benzene rings is 1. The summed E-state index contributed by atoms with van der Waals surface area (Å²) in [6.45, 7) is 0. The summed E-state index contributed by atoms with van der Waals surface area (Å²) in [4.78, 5) is 16.2. The number of nitrogens with one attached hydrogen (secondary N) is 2. The standard InChI is InChI=1S/C26H17FN4/c27-23-4-2-1-3-22(23)26-24-11-9-20(30-24)14-18-7-5-16(28-18)13-17-6-8-19(29-17)15-21-10-12-25(26)31-21/h1-15,28,31H. The molecule has 8 bridgehead atoms. The minimum Gasteiger partial charge on any atom is -0.355 e. The third-order valence-corrected chi connectivity index (χ3v) is 5.36. The fraction of sp³-hybridized carbons (Fsp3) is 0. The molecule has 2 aliphatic heterocycles. The first kappa shape index (κ1) is 17.6. The van der Waals surface area contributed by atoms with Crippen molar-refractivity contribution in [2.75, 3.05) is 0 Å². The lowest BCUT2D eigenvalue weighted by Crippen LogP contribution is -1.88. The Morgan fingerprint density at radius 3 is 1.97 bits per heavy atom. The van der Waals surface area contributed by atoms with Crippen molar-refractivity contribution >= 4 is 46.4 Å². The average molecular weight is 404 g/mol. The van der Waals surface area contributed by atoms with Crippen molar-refractivity contribution in [3.8, 4) is 11.1 Å². The molecular formula is C26H17FN4. The van der Waals surface area contributed by atoms with Gasteiger partial charge in [0.1, 0.15) is 5.82 Å². The maximum Gasteiger partial charge on any atom is 0.131 e. The monoisotopic (exact) mass is 404 g/mol. The molecule has 2 N–H and O–H groups in total. The third-order valence-electron chi connectivity index (χ3n) is 5.36. The molecule has 2 aliphatic rings. The van der Waals surface area contributed by atoms with Gasteiger partial charge in [-0.15, -0.1) is 0 Å². The third kappa shape index (κ3) is 3.26. The van der Waals surface area contributed by atoms with Crippen molar-refractivity contribution in [2.24, 2.45) is 0 Å². The molecule has 0 radical (unpaired) electrons. The Bertz CT molecular complexity index is 1550. The van der Waals surface area contributed by atoms with Crippen molar-refractivity contribution < 1.29 is 4.39 Å². The molecule has 0 aliphatic carbocycles. The van der Waals surface area contributed by atoms with Crippen LogP contribution in [0.2, 0.25) is 0 Å². The summed E-state index contributed by atoms with van der Waals surface area (Å²) in [6, 6.07) is 20.7. The lowest BCUT2D eigenvalue weighted by atomic mass is 10.0. The number of rotatable bonds is 1. The summed E-state index contributed by atoms with van der Waals surface area (Å²) in [5, 5.41) is 0.